The molecule has 0 aliphatic carbocycles. The molecule has 3 heterocycles. The zero-order valence-electron chi connectivity index (χ0n) is 17.2. The van der Waals surface area contributed by atoms with Gasteiger partial charge in [-0.05, 0) is 70.5 Å². The topological polar surface area (TPSA) is 97.6 Å². The van der Waals surface area contributed by atoms with Gasteiger partial charge in [0.15, 0.2) is 0 Å². The lowest BCUT2D eigenvalue weighted by atomic mass is 9.83. The van der Waals surface area contributed by atoms with Gasteiger partial charge in [-0.15, -0.1) is 12.4 Å². The van der Waals surface area contributed by atoms with Crippen LogP contribution < -0.4 is 4.72 Å². The SMILES string of the molecule is CS(=O)(=O)Nc1ccc2c(c1)COC21CCN(CCc2ccc3nonc3c2)CC1.Cl. The largest absolute Gasteiger partial charge is 0.365 e. The van der Waals surface area contributed by atoms with Gasteiger partial charge in [-0.3, -0.25) is 4.72 Å². The minimum atomic E-state index is -3.28. The van der Waals surface area contributed by atoms with Crippen LogP contribution in [0, 0.1) is 0 Å². The van der Waals surface area contributed by atoms with Crippen molar-refractivity contribution in [1.82, 2.24) is 15.2 Å². The summed E-state index contributed by atoms with van der Waals surface area (Å²) in [5.41, 5.74) is 5.43. The average Bonchev–Trinajstić information content (AvgIpc) is 3.31. The molecule has 1 aromatic heterocycles. The van der Waals surface area contributed by atoms with Crippen LogP contribution in [0.2, 0.25) is 0 Å². The second-order valence-corrected chi connectivity index (χ2v) is 9.96. The van der Waals surface area contributed by atoms with Crippen molar-refractivity contribution < 1.29 is 17.8 Å². The molecule has 1 saturated heterocycles. The van der Waals surface area contributed by atoms with Gasteiger partial charge in [0, 0.05) is 25.3 Å². The van der Waals surface area contributed by atoms with E-state index in [0.717, 1.165) is 61.7 Å². The highest BCUT2D eigenvalue weighted by atomic mass is 35.5. The Bertz CT molecular complexity index is 1190. The van der Waals surface area contributed by atoms with E-state index in [1.54, 1.807) is 0 Å². The van der Waals surface area contributed by atoms with Crippen LogP contribution in [0.15, 0.2) is 41.0 Å². The van der Waals surface area contributed by atoms with E-state index in [4.69, 9.17) is 9.37 Å². The van der Waals surface area contributed by atoms with Gasteiger partial charge in [0.1, 0.15) is 11.0 Å². The van der Waals surface area contributed by atoms with Crippen LogP contribution in [-0.4, -0.2) is 49.5 Å². The average molecular weight is 465 g/mol. The van der Waals surface area contributed by atoms with Crippen molar-refractivity contribution in [2.75, 3.05) is 30.6 Å². The lowest BCUT2D eigenvalue weighted by molar-refractivity contribution is -0.0785. The van der Waals surface area contributed by atoms with E-state index in [2.05, 4.69) is 26.0 Å². The van der Waals surface area contributed by atoms with Crippen LogP contribution in [0.25, 0.3) is 11.0 Å². The summed E-state index contributed by atoms with van der Waals surface area (Å²) < 4.78 is 36.5. The molecule has 166 valence electrons. The van der Waals surface area contributed by atoms with E-state index in [1.807, 2.05) is 30.3 Å². The summed E-state index contributed by atoms with van der Waals surface area (Å²) in [5.74, 6) is 0. The number of anilines is 1. The minimum absolute atomic E-state index is 0. The van der Waals surface area contributed by atoms with E-state index in [1.165, 1.54) is 11.1 Å². The maximum Gasteiger partial charge on any atom is 0.229 e. The summed E-state index contributed by atoms with van der Waals surface area (Å²) in [7, 11) is -3.28. The first-order valence-electron chi connectivity index (χ1n) is 10.1. The van der Waals surface area contributed by atoms with Gasteiger partial charge >= 0.3 is 0 Å². The standard InChI is InChI=1S/C21H24N4O4S.ClH/c1-30(26,27)24-17-3-4-18-16(13-17)14-28-21(18)7-10-25(11-8-21)9-6-15-2-5-19-20(12-15)23-29-22-19;/h2-5,12-13,24H,6-11,14H2,1H3;1H. The molecule has 0 atom stereocenters. The van der Waals surface area contributed by atoms with Crippen LogP contribution in [0.3, 0.4) is 0 Å². The third-order valence-corrected chi connectivity index (χ3v) is 6.71. The second-order valence-electron chi connectivity index (χ2n) is 8.21. The fraction of sp³-hybridized carbons (Fsp3) is 0.429. The van der Waals surface area contributed by atoms with Crippen molar-refractivity contribution in [3.05, 3.63) is 53.1 Å². The smallest absolute Gasteiger partial charge is 0.229 e. The van der Waals surface area contributed by atoms with Gasteiger partial charge in [0.25, 0.3) is 0 Å². The first-order chi connectivity index (χ1) is 14.4. The van der Waals surface area contributed by atoms with E-state index in [9.17, 15) is 8.42 Å². The van der Waals surface area contributed by atoms with Crippen molar-refractivity contribution in [2.45, 2.75) is 31.5 Å². The molecule has 0 amide bonds. The van der Waals surface area contributed by atoms with Crippen LogP contribution in [0.5, 0.6) is 0 Å². The second kappa shape index (κ2) is 8.38. The summed E-state index contributed by atoms with van der Waals surface area (Å²) in [6.45, 7) is 3.45. The number of likely N-dealkylation sites (tertiary alicyclic amines) is 1. The Morgan fingerprint density at radius 1 is 1.10 bits per heavy atom. The van der Waals surface area contributed by atoms with Crippen molar-refractivity contribution >= 4 is 39.2 Å². The maximum atomic E-state index is 11.5. The number of nitrogens with zero attached hydrogens (tertiary/aromatic N) is 3. The Labute approximate surface area is 187 Å². The van der Waals surface area contributed by atoms with Crippen LogP contribution in [0.1, 0.15) is 29.5 Å². The van der Waals surface area contributed by atoms with Gasteiger partial charge in [0.2, 0.25) is 10.0 Å². The molecule has 1 N–H and O–H groups in total. The van der Waals surface area contributed by atoms with Crippen molar-refractivity contribution in [2.24, 2.45) is 0 Å². The highest BCUT2D eigenvalue weighted by molar-refractivity contribution is 7.92. The number of nitrogens with one attached hydrogen (secondary N) is 1. The Morgan fingerprint density at radius 3 is 2.65 bits per heavy atom. The van der Waals surface area contributed by atoms with Crippen LogP contribution in [0.4, 0.5) is 5.69 Å². The van der Waals surface area contributed by atoms with E-state index >= 15 is 0 Å². The highest BCUT2D eigenvalue weighted by Gasteiger charge is 2.42. The fourth-order valence-corrected chi connectivity index (χ4v) is 5.11. The third-order valence-electron chi connectivity index (χ3n) is 6.10. The normalized spacial score (nSPS) is 18.1. The summed E-state index contributed by atoms with van der Waals surface area (Å²) in [4.78, 5) is 2.47. The third kappa shape index (κ3) is 4.55. The van der Waals surface area contributed by atoms with Gasteiger partial charge in [0.05, 0.1) is 18.5 Å². The van der Waals surface area contributed by atoms with E-state index < -0.39 is 10.0 Å². The van der Waals surface area contributed by atoms with Gasteiger partial charge in [-0.1, -0.05) is 12.1 Å². The molecule has 0 bridgehead atoms. The molecule has 1 spiro atoms. The number of halogens is 1. The number of aromatic nitrogens is 2. The number of ether oxygens (including phenoxy) is 1. The number of benzene rings is 2. The molecule has 2 aliphatic rings. The van der Waals surface area contributed by atoms with Gasteiger partial charge < -0.3 is 9.64 Å². The molecule has 0 unspecified atom stereocenters. The van der Waals surface area contributed by atoms with E-state index in [-0.39, 0.29) is 18.0 Å². The zero-order chi connectivity index (χ0) is 20.8. The Hall–Kier alpha value is -2.20. The molecule has 0 radical (unpaired) electrons. The summed E-state index contributed by atoms with van der Waals surface area (Å²) in [6.07, 6.45) is 3.98. The fourth-order valence-electron chi connectivity index (χ4n) is 4.55. The predicted molar refractivity (Wildman–Crippen MR) is 120 cm³/mol. The lowest BCUT2D eigenvalue weighted by Gasteiger charge is -2.39. The lowest BCUT2D eigenvalue weighted by Crippen LogP contribution is -2.43. The van der Waals surface area contributed by atoms with Crippen molar-refractivity contribution in [1.29, 1.82) is 0 Å². The monoisotopic (exact) mass is 464 g/mol. The zero-order valence-corrected chi connectivity index (χ0v) is 18.8. The van der Waals surface area contributed by atoms with Crippen molar-refractivity contribution in [3.8, 4) is 0 Å². The maximum absolute atomic E-state index is 11.5. The number of rotatable bonds is 5. The molecule has 2 aromatic carbocycles. The van der Waals surface area contributed by atoms with Gasteiger partial charge in [-0.25, -0.2) is 13.0 Å². The number of sulfonamides is 1. The summed E-state index contributed by atoms with van der Waals surface area (Å²) in [5, 5.41) is 7.76. The summed E-state index contributed by atoms with van der Waals surface area (Å²) in [6, 6.07) is 11.8. The molecule has 8 nitrogen and oxygen atoms in total. The minimum Gasteiger partial charge on any atom is -0.365 e. The number of piperidine rings is 1. The molecular formula is C21H25ClN4O4S. The molecule has 5 rings (SSSR count). The Kier molecular flexibility index (Phi) is 5.95. The first-order valence-corrected chi connectivity index (χ1v) is 12.0. The van der Waals surface area contributed by atoms with Crippen LogP contribution >= 0.6 is 12.4 Å². The van der Waals surface area contributed by atoms with Crippen molar-refractivity contribution in [3.63, 3.8) is 0 Å². The predicted octanol–water partition coefficient (Wildman–Crippen LogP) is 3.08. The van der Waals surface area contributed by atoms with E-state index in [0.29, 0.717) is 12.3 Å². The molecule has 10 heteroatoms. The molecule has 3 aromatic rings. The number of hydrogen-bond donors (Lipinski definition) is 1. The molecule has 0 saturated carbocycles. The first kappa shape index (κ1) is 22.0. The number of hydrogen-bond acceptors (Lipinski definition) is 7. The van der Waals surface area contributed by atoms with Gasteiger partial charge in [-0.2, -0.15) is 0 Å². The molecule has 2 aliphatic heterocycles. The Morgan fingerprint density at radius 2 is 1.87 bits per heavy atom. The molecule has 31 heavy (non-hydrogen) atoms. The number of fused-ring (bicyclic) bond motifs is 3. The highest BCUT2D eigenvalue weighted by Crippen LogP contribution is 2.44. The molecule has 1 fully saturated rings. The quantitative estimate of drug-likeness (QED) is 0.619. The summed E-state index contributed by atoms with van der Waals surface area (Å²) >= 11 is 0. The van der Waals surface area contributed by atoms with Crippen LogP contribution in [-0.2, 0) is 33.4 Å². The molecular weight excluding hydrogens is 440 g/mol. The Balaban J connectivity index is 0.00000231.